The summed E-state index contributed by atoms with van der Waals surface area (Å²) < 4.78 is 0. The van der Waals surface area contributed by atoms with Gasteiger partial charge in [0.2, 0.25) is 5.91 Å². The maximum absolute atomic E-state index is 11.8. The predicted molar refractivity (Wildman–Crippen MR) is 118 cm³/mol. The number of nitrogens with one attached hydrogen (secondary N) is 2. The zero-order valence-electron chi connectivity index (χ0n) is 17.3. The van der Waals surface area contributed by atoms with Gasteiger partial charge in [0.25, 0.3) is 5.91 Å². The molecule has 1 aliphatic rings. The number of aromatic nitrogens is 2. The molecule has 0 spiro atoms. The van der Waals surface area contributed by atoms with Crippen LogP contribution in [0.15, 0.2) is 30.5 Å². The summed E-state index contributed by atoms with van der Waals surface area (Å²) in [6.45, 7) is 6.12. The standard InChI is InChI=1S/C21H27ClN6O2/c1-3-4-19(29)26-18-13-15(7-8-24-18)14-27-9-11-28(12-10-27)17-6-5-16(21(30)23-2)25-20(17)22/h5-8,13H,3-4,9-12,14H2,1-2H3,(H,23,30)(H,24,26,29). The first kappa shape index (κ1) is 22.0. The van der Waals surface area contributed by atoms with Crippen molar-refractivity contribution in [2.45, 2.75) is 26.3 Å². The van der Waals surface area contributed by atoms with Gasteiger partial charge in [-0.2, -0.15) is 0 Å². The fraction of sp³-hybridized carbons (Fsp3) is 0.429. The Kier molecular flexibility index (Phi) is 7.59. The second-order valence-electron chi connectivity index (χ2n) is 7.20. The Balaban J connectivity index is 1.56. The van der Waals surface area contributed by atoms with Gasteiger partial charge in [-0.3, -0.25) is 14.5 Å². The minimum atomic E-state index is -0.254. The van der Waals surface area contributed by atoms with Crippen LogP contribution in [0.1, 0.15) is 35.8 Å². The molecule has 2 amide bonds. The second kappa shape index (κ2) is 10.4. The molecular weight excluding hydrogens is 404 g/mol. The van der Waals surface area contributed by atoms with E-state index in [1.807, 2.05) is 25.1 Å². The smallest absolute Gasteiger partial charge is 0.269 e. The van der Waals surface area contributed by atoms with Crippen molar-refractivity contribution in [1.82, 2.24) is 20.2 Å². The molecule has 0 aromatic carbocycles. The largest absolute Gasteiger partial charge is 0.366 e. The average molecular weight is 431 g/mol. The summed E-state index contributed by atoms with van der Waals surface area (Å²) in [5.41, 5.74) is 2.26. The van der Waals surface area contributed by atoms with Crippen LogP contribution in [-0.2, 0) is 11.3 Å². The normalized spacial score (nSPS) is 14.4. The number of halogens is 1. The van der Waals surface area contributed by atoms with E-state index in [9.17, 15) is 9.59 Å². The Hall–Kier alpha value is -2.71. The van der Waals surface area contributed by atoms with Gasteiger partial charge in [-0.1, -0.05) is 18.5 Å². The summed E-state index contributed by atoms with van der Waals surface area (Å²) in [5, 5.41) is 5.73. The third-order valence-corrected chi connectivity index (χ3v) is 5.25. The van der Waals surface area contributed by atoms with Gasteiger partial charge in [-0.15, -0.1) is 0 Å². The molecule has 0 bridgehead atoms. The van der Waals surface area contributed by atoms with E-state index in [-0.39, 0.29) is 11.8 Å². The van der Waals surface area contributed by atoms with E-state index in [0.717, 1.165) is 50.4 Å². The van der Waals surface area contributed by atoms with Crippen LogP contribution in [0.2, 0.25) is 5.15 Å². The molecule has 1 aliphatic heterocycles. The number of rotatable bonds is 7. The maximum atomic E-state index is 11.8. The number of anilines is 2. The van der Waals surface area contributed by atoms with Crippen LogP contribution < -0.4 is 15.5 Å². The lowest BCUT2D eigenvalue weighted by Gasteiger charge is -2.36. The molecule has 1 saturated heterocycles. The quantitative estimate of drug-likeness (QED) is 0.656. The van der Waals surface area contributed by atoms with Gasteiger partial charge < -0.3 is 15.5 Å². The van der Waals surface area contributed by atoms with Crippen molar-refractivity contribution in [3.63, 3.8) is 0 Å². The highest BCUT2D eigenvalue weighted by molar-refractivity contribution is 6.32. The topological polar surface area (TPSA) is 90.5 Å². The molecule has 2 N–H and O–H groups in total. The van der Waals surface area contributed by atoms with E-state index < -0.39 is 0 Å². The average Bonchev–Trinajstić information content (AvgIpc) is 2.74. The highest BCUT2D eigenvalue weighted by Crippen LogP contribution is 2.25. The number of pyridine rings is 2. The van der Waals surface area contributed by atoms with E-state index in [1.165, 1.54) is 0 Å². The fourth-order valence-corrected chi connectivity index (χ4v) is 3.67. The summed E-state index contributed by atoms with van der Waals surface area (Å²) in [6.07, 6.45) is 3.03. The van der Waals surface area contributed by atoms with Crippen molar-refractivity contribution in [3.05, 3.63) is 46.9 Å². The van der Waals surface area contributed by atoms with Crippen molar-refractivity contribution in [2.24, 2.45) is 0 Å². The van der Waals surface area contributed by atoms with Crippen molar-refractivity contribution in [1.29, 1.82) is 0 Å². The first-order valence-electron chi connectivity index (χ1n) is 10.1. The minimum absolute atomic E-state index is 0.0105. The predicted octanol–water partition coefficient (Wildman–Crippen LogP) is 2.55. The fourth-order valence-electron chi connectivity index (χ4n) is 3.40. The molecule has 0 atom stereocenters. The summed E-state index contributed by atoms with van der Waals surface area (Å²) in [7, 11) is 1.57. The molecule has 2 aromatic heterocycles. The van der Waals surface area contributed by atoms with Crippen LogP contribution in [0, 0.1) is 0 Å². The lowest BCUT2D eigenvalue weighted by Crippen LogP contribution is -2.46. The van der Waals surface area contributed by atoms with E-state index in [1.54, 1.807) is 19.3 Å². The molecule has 30 heavy (non-hydrogen) atoms. The van der Waals surface area contributed by atoms with Crippen molar-refractivity contribution < 1.29 is 9.59 Å². The zero-order valence-corrected chi connectivity index (χ0v) is 18.1. The van der Waals surface area contributed by atoms with Crippen LogP contribution >= 0.6 is 11.6 Å². The summed E-state index contributed by atoms with van der Waals surface area (Å²) in [4.78, 5) is 36.5. The Morgan fingerprint density at radius 3 is 2.60 bits per heavy atom. The van der Waals surface area contributed by atoms with E-state index >= 15 is 0 Å². The van der Waals surface area contributed by atoms with Crippen LogP contribution in [-0.4, -0.2) is 59.9 Å². The van der Waals surface area contributed by atoms with Crippen molar-refractivity contribution in [3.8, 4) is 0 Å². The molecule has 0 unspecified atom stereocenters. The van der Waals surface area contributed by atoms with Crippen LogP contribution in [0.25, 0.3) is 0 Å². The number of amides is 2. The van der Waals surface area contributed by atoms with Gasteiger partial charge in [-0.25, -0.2) is 9.97 Å². The first-order chi connectivity index (χ1) is 14.5. The number of carbonyl (C=O) groups is 2. The van der Waals surface area contributed by atoms with Crippen molar-refractivity contribution in [2.75, 3.05) is 43.4 Å². The Morgan fingerprint density at radius 2 is 1.93 bits per heavy atom. The molecule has 2 aromatic rings. The van der Waals surface area contributed by atoms with Gasteiger partial charge in [-0.05, 0) is 36.2 Å². The molecule has 3 heterocycles. The SMILES string of the molecule is CCCC(=O)Nc1cc(CN2CCN(c3ccc(C(=O)NC)nc3Cl)CC2)ccn1. The number of carbonyl (C=O) groups excluding carboxylic acids is 2. The lowest BCUT2D eigenvalue weighted by molar-refractivity contribution is -0.116. The summed E-state index contributed by atoms with van der Waals surface area (Å²) >= 11 is 6.32. The molecule has 0 saturated carbocycles. The molecule has 0 radical (unpaired) electrons. The Labute approximate surface area is 181 Å². The molecule has 0 aliphatic carbocycles. The first-order valence-corrected chi connectivity index (χ1v) is 10.5. The zero-order chi connectivity index (χ0) is 21.5. The van der Waals surface area contributed by atoms with E-state index in [4.69, 9.17) is 11.6 Å². The highest BCUT2D eigenvalue weighted by Gasteiger charge is 2.20. The van der Waals surface area contributed by atoms with E-state index in [0.29, 0.717) is 23.1 Å². The highest BCUT2D eigenvalue weighted by atomic mass is 35.5. The molecule has 9 heteroatoms. The summed E-state index contributed by atoms with van der Waals surface area (Å²) in [6, 6.07) is 7.44. The molecule has 160 valence electrons. The van der Waals surface area contributed by atoms with Gasteiger partial charge in [0, 0.05) is 52.4 Å². The van der Waals surface area contributed by atoms with Crippen LogP contribution in [0.4, 0.5) is 11.5 Å². The van der Waals surface area contributed by atoms with Crippen molar-refractivity contribution >= 4 is 34.9 Å². The number of nitrogens with zero attached hydrogens (tertiary/aromatic N) is 4. The minimum Gasteiger partial charge on any atom is -0.366 e. The molecular formula is C21H27ClN6O2. The molecule has 1 fully saturated rings. The summed E-state index contributed by atoms with van der Waals surface area (Å²) in [5.74, 6) is 0.332. The molecule has 8 nitrogen and oxygen atoms in total. The monoisotopic (exact) mass is 430 g/mol. The van der Waals surface area contributed by atoms with Crippen LogP contribution in [0.3, 0.4) is 0 Å². The van der Waals surface area contributed by atoms with Crippen LogP contribution in [0.5, 0.6) is 0 Å². The third-order valence-electron chi connectivity index (χ3n) is 4.98. The van der Waals surface area contributed by atoms with Gasteiger partial charge in [0.05, 0.1) is 5.69 Å². The Morgan fingerprint density at radius 1 is 1.17 bits per heavy atom. The molecule has 3 rings (SSSR count). The lowest BCUT2D eigenvalue weighted by atomic mass is 10.2. The second-order valence-corrected chi connectivity index (χ2v) is 7.55. The number of hydrogen-bond acceptors (Lipinski definition) is 6. The Bertz CT molecular complexity index is 899. The number of hydrogen-bond donors (Lipinski definition) is 2. The van der Waals surface area contributed by atoms with Gasteiger partial charge >= 0.3 is 0 Å². The van der Waals surface area contributed by atoms with Gasteiger partial charge in [0.15, 0.2) is 5.15 Å². The van der Waals surface area contributed by atoms with E-state index in [2.05, 4.69) is 30.4 Å². The maximum Gasteiger partial charge on any atom is 0.269 e. The number of piperazine rings is 1. The third kappa shape index (κ3) is 5.67. The van der Waals surface area contributed by atoms with Gasteiger partial charge in [0.1, 0.15) is 11.5 Å².